The molecule has 0 fully saturated rings. The number of nitrogens with zero attached hydrogens (tertiary/aromatic N) is 1. The highest BCUT2D eigenvalue weighted by atomic mass is 16.5. The summed E-state index contributed by atoms with van der Waals surface area (Å²) in [5.41, 5.74) is 1.76. The monoisotopic (exact) mass is 290 g/mol. The lowest BCUT2D eigenvalue weighted by molar-refractivity contribution is 0.0346. The van der Waals surface area contributed by atoms with E-state index in [4.69, 9.17) is 10.00 Å². The van der Waals surface area contributed by atoms with E-state index < -0.39 is 6.10 Å². The number of hydrogen-bond acceptors (Lipinski definition) is 4. The number of benzene rings is 1. The van der Waals surface area contributed by atoms with Crippen LogP contribution in [0.2, 0.25) is 0 Å². The SMILES string of the molecule is CC(C)CCCOCC(O)CNCc1ccc(C#N)cc1. The van der Waals surface area contributed by atoms with Crippen LogP contribution in [0.3, 0.4) is 0 Å². The molecule has 4 heteroatoms. The number of hydrogen-bond donors (Lipinski definition) is 2. The summed E-state index contributed by atoms with van der Waals surface area (Å²) >= 11 is 0. The topological polar surface area (TPSA) is 65.3 Å². The van der Waals surface area contributed by atoms with Crippen LogP contribution in [0.4, 0.5) is 0 Å². The van der Waals surface area contributed by atoms with E-state index in [1.54, 1.807) is 12.1 Å². The smallest absolute Gasteiger partial charge is 0.0991 e. The van der Waals surface area contributed by atoms with Crippen molar-refractivity contribution in [2.75, 3.05) is 19.8 Å². The summed E-state index contributed by atoms with van der Waals surface area (Å²) in [6, 6.07) is 9.52. The maximum Gasteiger partial charge on any atom is 0.0991 e. The molecular formula is C17H26N2O2. The molecule has 0 bridgehead atoms. The normalized spacial score (nSPS) is 12.3. The van der Waals surface area contributed by atoms with Crippen LogP contribution in [0.5, 0.6) is 0 Å². The van der Waals surface area contributed by atoms with Gasteiger partial charge in [0.1, 0.15) is 0 Å². The Kier molecular flexibility index (Phi) is 8.68. The highest BCUT2D eigenvalue weighted by Crippen LogP contribution is 2.04. The van der Waals surface area contributed by atoms with Crippen LogP contribution in [-0.2, 0) is 11.3 Å². The predicted molar refractivity (Wildman–Crippen MR) is 83.8 cm³/mol. The van der Waals surface area contributed by atoms with Crippen molar-refractivity contribution < 1.29 is 9.84 Å². The Bertz CT molecular complexity index is 423. The molecule has 0 aliphatic carbocycles. The summed E-state index contributed by atoms with van der Waals surface area (Å²) in [7, 11) is 0. The molecule has 0 amide bonds. The van der Waals surface area contributed by atoms with E-state index in [1.807, 2.05) is 12.1 Å². The van der Waals surface area contributed by atoms with Crippen molar-refractivity contribution >= 4 is 0 Å². The Morgan fingerprint density at radius 3 is 2.62 bits per heavy atom. The first-order chi connectivity index (χ1) is 10.1. The lowest BCUT2D eigenvalue weighted by atomic mass is 10.1. The Balaban J connectivity index is 2.07. The van der Waals surface area contributed by atoms with Crippen LogP contribution < -0.4 is 5.32 Å². The largest absolute Gasteiger partial charge is 0.389 e. The number of aliphatic hydroxyl groups excluding tert-OH is 1. The molecule has 1 aromatic carbocycles. The zero-order valence-electron chi connectivity index (χ0n) is 13.0. The molecule has 0 radical (unpaired) electrons. The van der Waals surface area contributed by atoms with E-state index in [1.165, 1.54) is 0 Å². The molecule has 0 saturated carbocycles. The molecule has 2 N–H and O–H groups in total. The second kappa shape index (κ2) is 10.3. The Labute approximate surface area is 127 Å². The van der Waals surface area contributed by atoms with E-state index in [9.17, 15) is 5.11 Å². The van der Waals surface area contributed by atoms with E-state index in [0.717, 1.165) is 18.4 Å². The average molecular weight is 290 g/mol. The van der Waals surface area contributed by atoms with Gasteiger partial charge < -0.3 is 15.2 Å². The molecule has 1 unspecified atom stereocenters. The van der Waals surface area contributed by atoms with Gasteiger partial charge >= 0.3 is 0 Å². The lowest BCUT2D eigenvalue weighted by Gasteiger charge is -2.13. The van der Waals surface area contributed by atoms with E-state index in [2.05, 4.69) is 25.2 Å². The van der Waals surface area contributed by atoms with Crippen molar-refractivity contribution in [1.29, 1.82) is 5.26 Å². The van der Waals surface area contributed by atoms with Gasteiger partial charge in [-0.3, -0.25) is 0 Å². The first-order valence-electron chi connectivity index (χ1n) is 7.57. The van der Waals surface area contributed by atoms with Crippen molar-refractivity contribution in [3.8, 4) is 6.07 Å². The zero-order chi connectivity index (χ0) is 15.5. The fourth-order valence-electron chi connectivity index (χ4n) is 1.95. The van der Waals surface area contributed by atoms with E-state index >= 15 is 0 Å². The van der Waals surface area contributed by atoms with Crippen molar-refractivity contribution in [1.82, 2.24) is 5.32 Å². The third kappa shape index (κ3) is 8.46. The highest BCUT2D eigenvalue weighted by Gasteiger charge is 2.04. The molecule has 0 aliphatic rings. The Morgan fingerprint density at radius 1 is 1.29 bits per heavy atom. The first kappa shape index (κ1) is 17.6. The van der Waals surface area contributed by atoms with Gasteiger partial charge in [-0.1, -0.05) is 26.0 Å². The van der Waals surface area contributed by atoms with Gasteiger partial charge in [0.25, 0.3) is 0 Å². The van der Waals surface area contributed by atoms with Crippen molar-refractivity contribution in [3.05, 3.63) is 35.4 Å². The summed E-state index contributed by atoms with van der Waals surface area (Å²) in [6.45, 7) is 6.66. The summed E-state index contributed by atoms with van der Waals surface area (Å²) in [5, 5.41) is 21.7. The fourth-order valence-corrected chi connectivity index (χ4v) is 1.95. The Hall–Kier alpha value is -1.41. The summed E-state index contributed by atoms with van der Waals surface area (Å²) in [4.78, 5) is 0. The fraction of sp³-hybridized carbons (Fsp3) is 0.588. The lowest BCUT2D eigenvalue weighted by Crippen LogP contribution is -2.30. The summed E-state index contributed by atoms with van der Waals surface area (Å²) in [6.07, 6.45) is 1.72. The molecule has 4 nitrogen and oxygen atoms in total. The van der Waals surface area contributed by atoms with Gasteiger partial charge in [0.05, 0.1) is 24.3 Å². The van der Waals surface area contributed by atoms with Crippen LogP contribution >= 0.6 is 0 Å². The minimum absolute atomic E-state index is 0.373. The van der Waals surface area contributed by atoms with Gasteiger partial charge in [0.15, 0.2) is 0 Å². The predicted octanol–water partition coefficient (Wildman–Crippen LogP) is 2.46. The van der Waals surface area contributed by atoms with Crippen LogP contribution in [-0.4, -0.2) is 31.0 Å². The molecule has 0 heterocycles. The highest BCUT2D eigenvalue weighted by molar-refractivity contribution is 5.31. The number of rotatable bonds is 10. The number of nitriles is 1. The maximum atomic E-state index is 9.79. The minimum atomic E-state index is -0.484. The molecule has 116 valence electrons. The molecular weight excluding hydrogens is 264 g/mol. The molecule has 0 saturated heterocycles. The average Bonchev–Trinajstić information content (AvgIpc) is 2.47. The van der Waals surface area contributed by atoms with Gasteiger partial charge in [-0.25, -0.2) is 0 Å². The summed E-state index contributed by atoms with van der Waals surface area (Å²) in [5.74, 6) is 0.701. The van der Waals surface area contributed by atoms with Gasteiger partial charge in [0, 0.05) is 19.7 Å². The molecule has 0 aliphatic heterocycles. The molecule has 1 atom stereocenters. The second-order valence-corrected chi connectivity index (χ2v) is 5.70. The molecule has 0 spiro atoms. The molecule has 1 aromatic rings. The van der Waals surface area contributed by atoms with E-state index in [-0.39, 0.29) is 0 Å². The van der Waals surface area contributed by atoms with E-state index in [0.29, 0.717) is 37.8 Å². The molecule has 21 heavy (non-hydrogen) atoms. The second-order valence-electron chi connectivity index (χ2n) is 5.70. The van der Waals surface area contributed by atoms with Gasteiger partial charge in [-0.05, 0) is 36.5 Å². The van der Waals surface area contributed by atoms with Gasteiger partial charge in [-0.15, -0.1) is 0 Å². The van der Waals surface area contributed by atoms with Crippen molar-refractivity contribution in [3.63, 3.8) is 0 Å². The van der Waals surface area contributed by atoms with Crippen LogP contribution in [0.15, 0.2) is 24.3 Å². The van der Waals surface area contributed by atoms with Crippen molar-refractivity contribution in [2.45, 2.75) is 39.3 Å². The van der Waals surface area contributed by atoms with Crippen LogP contribution in [0.25, 0.3) is 0 Å². The third-order valence-electron chi connectivity index (χ3n) is 3.17. The van der Waals surface area contributed by atoms with Crippen LogP contribution in [0.1, 0.15) is 37.8 Å². The van der Waals surface area contributed by atoms with Gasteiger partial charge in [-0.2, -0.15) is 5.26 Å². The quantitative estimate of drug-likeness (QED) is 0.650. The molecule has 0 aromatic heterocycles. The number of ether oxygens (including phenoxy) is 1. The number of nitrogens with one attached hydrogen (secondary N) is 1. The van der Waals surface area contributed by atoms with Crippen LogP contribution in [0, 0.1) is 17.2 Å². The van der Waals surface area contributed by atoms with Gasteiger partial charge in [0.2, 0.25) is 0 Å². The van der Waals surface area contributed by atoms with Crippen molar-refractivity contribution in [2.24, 2.45) is 5.92 Å². The third-order valence-corrected chi connectivity index (χ3v) is 3.17. The molecule has 1 rings (SSSR count). The maximum absolute atomic E-state index is 9.79. The standard InChI is InChI=1S/C17H26N2O2/c1-14(2)4-3-9-21-13-17(20)12-19-11-16-7-5-15(10-18)6-8-16/h5-8,14,17,19-20H,3-4,9,11-13H2,1-2H3. The first-order valence-corrected chi connectivity index (χ1v) is 7.57. The zero-order valence-corrected chi connectivity index (χ0v) is 13.0. The Morgan fingerprint density at radius 2 is 2.00 bits per heavy atom. The minimum Gasteiger partial charge on any atom is -0.389 e. The number of aliphatic hydroxyl groups is 1. The summed E-state index contributed by atoms with van der Waals surface area (Å²) < 4.78 is 5.45.